The molecule has 1 amide bonds. The summed E-state index contributed by atoms with van der Waals surface area (Å²) >= 11 is 0. The number of carbonyl (C=O) groups is 1. The van der Waals surface area contributed by atoms with Gasteiger partial charge in [0, 0.05) is 31.9 Å². The molecule has 0 radical (unpaired) electrons. The van der Waals surface area contributed by atoms with Gasteiger partial charge in [0.2, 0.25) is 15.9 Å². The van der Waals surface area contributed by atoms with E-state index >= 15 is 0 Å². The van der Waals surface area contributed by atoms with E-state index in [1.165, 1.54) is 11.4 Å². The molecule has 1 aromatic heterocycles. The summed E-state index contributed by atoms with van der Waals surface area (Å²) in [6.07, 6.45) is 5.10. The van der Waals surface area contributed by atoms with Gasteiger partial charge in [-0.1, -0.05) is 12.1 Å². The first kappa shape index (κ1) is 19.7. The van der Waals surface area contributed by atoms with Gasteiger partial charge in [-0.2, -0.15) is 0 Å². The number of rotatable bonds is 9. The average Bonchev–Trinajstić information content (AvgIpc) is 2.63. The quantitative estimate of drug-likeness (QED) is 0.722. The zero-order chi connectivity index (χ0) is 19.0. The van der Waals surface area contributed by atoms with Crippen molar-refractivity contribution in [2.24, 2.45) is 0 Å². The van der Waals surface area contributed by atoms with Crippen LogP contribution in [-0.4, -0.2) is 39.2 Å². The third kappa shape index (κ3) is 5.73. The number of carbonyl (C=O) groups excluding carboxylic acids is 1. The number of hydrogen-bond acceptors (Lipinski definition) is 5. The summed E-state index contributed by atoms with van der Waals surface area (Å²) in [6.45, 7) is 0.617. The Morgan fingerprint density at radius 2 is 1.88 bits per heavy atom. The first-order valence-electron chi connectivity index (χ1n) is 8.18. The van der Waals surface area contributed by atoms with E-state index in [9.17, 15) is 13.2 Å². The summed E-state index contributed by atoms with van der Waals surface area (Å²) in [4.78, 5) is 15.9. The lowest BCUT2D eigenvalue weighted by Gasteiger charge is -2.24. The fourth-order valence-corrected chi connectivity index (χ4v) is 3.44. The van der Waals surface area contributed by atoms with Gasteiger partial charge in [-0.3, -0.25) is 14.1 Å². The number of hydrogen-bond donors (Lipinski definition) is 1. The molecule has 0 unspecified atom stereocenters. The molecule has 0 atom stereocenters. The van der Waals surface area contributed by atoms with E-state index in [1.54, 1.807) is 36.7 Å². The van der Waals surface area contributed by atoms with Crippen molar-refractivity contribution in [3.63, 3.8) is 0 Å². The van der Waals surface area contributed by atoms with Crippen LogP contribution in [0.5, 0.6) is 5.75 Å². The van der Waals surface area contributed by atoms with Gasteiger partial charge in [-0.15, -0.1) is 0 Å². The van der Waals surface area contributed by atoms with Gasteiger partial charge in [0.05, 0.1) is 19.1 Å². The van der Waals surface area contributed by atoms with Crippen LogP contribution in [0.4, 0.5) is 5.69 Å². The minimum absolute atomic E-state index is 0.129. The highest BCUT2D eigenvalue weighted by molar-refractivity contribution is 7.92. The highest BCUT2D eigenvalue weighted by Crippen LogP contribution is 2.29. The van der Waals surface area contributed by atoms with Crippen LogP contribution in [0.3, 0.4) is 0 Å². The largest absolute Gasteiger partial charge is 0.495 e. The number of sulfonamides is 1. The second kappa shape index (κ2) is 9.19. The Morgan fingerprint density at radius 1 is 1.19 bits per heavy atom. The molecular formula is C18H23N3O4S. The number of amides is 1. The molecule has 26 heavy (non-hydrogen) atoms. The van der Waals surface area contributed by atoms with Crippen LogP contribution in [-0.2, 0) is 21.4 Å². The predicted molar refractivity (Wildman–Crippen MR) is 101 cm³/mol. The number of methoxy groups -OCH3 is 1. The Balaban J connectivity index is 1.93. The van der Waals surface area contributed by atoms with Crippen LogP contribution in [0, 0.1) is 0 Å². The smallest absolute Gasteiger partial charge is 0.232 e. The summed E-state index contributed by atoms with van der Waals surface area (Å²) in [5.41, 5.74) is 1.43. The van der Waals surface area contributed by atoms with Crippen molar-refractivity contribution in [2.75, 3.05) is 24.2 Å². The van der Waals surface area contributed by atoms with E-state index in [1.807, 2.05) is 12.1 Å². The lowest BCUT2D eigenvalue weighted by Crippen LogP contribution is -2.32. The van der Waals surface area contributed by atoms with Crippen molar-refractivity contribution in [3.8, 4) is 5.75 Å². The Bertz CT molecular complexity index is 825. The number of benzene rings is 1. The SMILES string of the molecule is COc1ccccc1N(CCCC(=O)NCc1ccncc1)S(C)(=O)=O. The number of para-hydroxylation sites is 2. The molecule has 2 aromatic rings. The molecule has 0 aliphatic carbocycles. The van der Waals surface area contributed by atoms with Crippen molar-refractivity contribution in [2.45, 2.75) is 19.4 Å². The lowest BCUT2D eigenvalue weighted by atomic mass is 10.2. The molecule has 0 fully saturated rings. The van der Waals surface area contributed by atoms with Crippen LogP contribution in [0.25, 0.3) is 0 Å². The van der Waals surface area contributed by atoms with E-state index in [0.717, 1.165) is 11.8 Å². The van der Waals surface area contributed by atoms with Gasteiger partial charge in [0.15, 0.2) is 0 Å². The topological polar surface area (TPSA) is 88.6 Å². The van der Waals surface area contributed by atoms with Gasteiger partial charge < -0.3 is 10.1 Å². The molecule has 0 aliphatic heterocycles. The highest BCUT2D eigenvalue weighted by Gasteiger charge is 2.20. The van der Waals surface area contributed by atoms with Crippen LogP contribution in [0.1, 0.15) is 18.4 Å². The van der Waals surface area contributed by atoms with Gasteiger partial charge >= 0.3 is 0 Å². The first-order valence-corrected chi connectivity index (χ1v) is 10.0. The zero-order valence-corrected chi connectivity index (χ0v) is 15.7. The summed E-state index contributed by atoms with van der Waals surface area (Å²) in [6, 6.07) is 10.6. The number of ether oxygens (including phenoxy) is 1. The molecule has 1 aromatic carbocycles. The minimum atomic E-state index is -3.49. The van der Waals surface area contributed by atoms with E-state index in [4.69, 9.17) is 4.74 Å². The molecule has 0 aliphatic rings. The highest BCUT2D eigenvalue weighted by atomic mass is 32.2. The van der Waals surface area contributed by atoms with E-state index < -0.39 is 10.0 Å². The number of pyridine rings is 1. The monoisotopic (exact) mass is 377 g/mol. The molecule has 0 saturated carbocycles. The van der Waals surface area contributed by atoms with Gasteiger partial charge in [-0.25, -0.2) is 8.42 Å². The molecule has 140 valence electrons. The molecule has 8 heteroatoms. The summed E-state index contributed by atoms with van der Waals surface area (Å²) in [5, 5.41) is 2.81. The Morgan fingerprint density at radius 3 is 2.54 bits per heavy atom. The molecule has 1 heterocycles. The number of anilines is 1. The predicted octanol–water partition coefficient (Wildman–Crippen LogP) is 1.95. The summed E-state index contributed by atoms with van der Waals surface area (Å²) in [5.74, 6) is 0.343. The molecule has 2 rings (SSSR count). The van der Waals surface area contributed by atoms with Crippen LogP contribution in [0.2, 0.25) is 0 Å². The fraction of sp³-hybridized carbons (Fsp3) is 0.333. The standard InChI is InChI=1S/C18H23N3O4S/c1-25-17-7-4-3-6-16(17)21(26(2,23)24)13-5-8-18(22)20-14-15-9-11-19-12-10-15/h3-4,6-7,9-12H,5,8,13-14H2,1-2H3,(H,20,22). The Hall–Kier alpha value is -2.61. The van der Waals surface area contributed by atoms with Crippen molar-refractivity contribution in [1.29, 1.82) is 0 Å². The molecule has 0 spiro atoms. The van der Waals surface area contributed by atoms with Gasteiger partial charge in [0.1, 0.15) is 5.75 Å². The fourth-order valence-electron chi connectivity index (χ4n) is 2.47. The minimum Gasteiger partial charge on any atom is -0.495 e. The van der Waals surface area contributed by atoms with E-state index in [2.05, 4.69) is 10.3 Å². The third-order valence-corrected chi connectivity index (χ3v) is 4.94. The third-order valence-electron chi connectivity index (χ3n) is 3.76. The Labute approximate surface area is 154 Å². The van der Waals surface area contributed by atoms with Crippen molar-refractivity contribution in [1.82, 2.24) is 10.3 Å². The second-order valence-corrected chi connectivity index (χ2v) is 7.65. The normalized spacial score (nSPS) is 11.0. The van der Waals surface area contributed by atoms with Crippen LogP contribution in [0.15, 0.2) is 48.8 Å². The molecule has 1 N–H and O–H groups in total. The maximum Gasteiger partial charge on any atom is 0.232 e. The number of aromatic nitrogens is 1. The van der Waals surface area contributed by atoms with Crippen molar-refractivity contribution in [3.05, 3.63) is 54.4 Å². The molecule has 0 bridgehead atoms. The first-order chi connectivity index (χ1) is 12.4. The maximum absolute atomic E-state index is 12.2. The molecular weight excluding hydrogens is 354 g/mol. The van der Waals surface area contributed by atoms with Crippen LogP contribution >= 0.6 is 0 Å². The number of nitrogens with zero attached hydrogens (tertiary/aromatic N) is 2. The summed E-state index contributed by atoms with van der Waals surface area (Å²) < 4.78 is 30.8. The number of nitrogens with one attached hydrogen (secondary N) is 1. The van der Waals surface area contributed by atoms with Crippen LogP contribution < -0.4 is 14.4 Å². The van der Waals surface area contributed by atoms with E-state index in [-0.39, 0.29) is 18.9 Å². The Kier molecular flexibility index (Phi) is 6.97. The van der Waals surface area contributed by atoms with Gasteiger partial charge in [0.25, 0.3) is 0 Å². The maximum atomic E-state index is 12.2. The van der Waals surface area contributed by atoms with Crippen molar-refractivity contribution >= 4 is 21.6 Å². The summed E-state index contributed by atoms with van der Waals surface area (Å²) in [7, 11) is -2.00. The molecule has 0 saturated heterocycles. The lowest BCUT2D eigenvalue weighted by molar-refractivity contribution is -0.121. The average molecular weight is 377 g/mol. The van der Waals surface area contributed by atoms with Crippen molar-refractivity contribution < 1.29 is 17.9 Å². The second-order valence-electron chi connectivity index (χ2n) is 5.74. The van der Waals surface area contributed by atoms with E-state index in [0.29, 0.717) is 24.4 Å². The molecule has 7 nitrogen and oxygen atoms in total. The van der Waals surface area contributed by atoms with Gasteiger partial charge in [-0.05, 0) is 36.2 Å². The zero-order valence-electron chi connectivity index (χ0n) is 14.9.